The van der Waals surface area contributed by atoms with E-state index in [9.17, 15) is 4.79 Å². The van der Waals surface area contributed by atoms with Crippen molar-refractivity contribution in [2.45, 2.75) is 39.5 Å². The molecule has 1 amide bonds. The summed E-state index contributed by atoms with van der Waals surface area (Å²) in [5, 5.41) is 6.24. The molecule has 2 N–H and O–H groups in total. The van der Waals surface area contributed by atoms with Crippen molar-refractivity contribution < 1.29 is 4.79 Å². The van der Waals surface area contributed by atoms with Gasteiger partial charge in [-0.15, -0.1) is 0 Å². The first kappa shape index (κ1) is 15.4. The summed E-state index contributed by atoms with van der Waals surface area (Å²) in [5.74, 6) is 0.236. The maximum Gasteiger partial charge on any atom is 0.224 e. The minimum Gasteiger partial charge on any atom is -0.355 e. The number of carbonyl (C=O) groups is 1. The molecule has 1 atom stereocenters. The minimum absolute atomic E-state index is 0.0640. The van der Waals surface area contributed by atoms with Crippen molar-refractivity contribution in [2.24, 2.45) is 5.92 Å². The predicted octanol–water partition coefficient (Wildman–Crippen LogP) is 1.22. The number of likely N-dealkylation sites (tertiary alicyclic amines) is 1. The normalized spacial score (nSPS) is 19.2. The fourth-order valence-electron chi connectivity index (χ4n) is 2.32. The Morgan fingerprint density at radius 1 is 1.22 bits per heavy atom. The minimum atomic E-state index is 0.0640. The zero-order valence-corrected chi connectivity index (χ0v) is 12.0. The van der Waals surface area contributed by atoms with Gasteiger partial charge in [-0.2, -0.15) is 0 Å². The van der Waals surface area contributed by atoms with E-state index in [-0.39, 0.29) is 11.8 Å². The number of hydrogen-bond donors (Lipinski definition) is 2. The summed E-state index contributed by atoms with van der Waals surface area (Å²) in [6, 6.07) is 0. The molecule has 4 heteroatoms. The van der Waals surface area contributed by atoms with E-state index in [0.717, 1.165) is 26.2 Å². The number of carbonyl (C=O) groups excluding carboxylic acids is 1. The van der Waals surface area contributed by atoms with Crippen LogP contribution in [0.4, 0.5) is 0 Å². The molecule has 1 rings (SSSR count). The lowest BCUT2D eigenvalue weighted by Gasteiger charge is -2.20. The van der Waals surface area contributed by atoms with Gasteiger partial charge in [-0.3, -0.25) is 4.79 Å². The van der Waals surface area contributed by atoms with Gasteiger partial charge in [0.2, 0.25) is 5.91 Å². The molecule has 0 radical (unpaired) electrons. The molecule has 1 aliphatic rings. The molecule has 4 nitrogen and oxygen atoms in total. The largest absolute Gasteiger partial charge is 0.355 e. The highest BCUT2D eigenvalue weighted by Gasteiger charge is 2.12. The molecule has 0 aromatic rings. The van der Waals surface area contributed by atoms with Gasteiger partial charge in [0.15, 0.2) is 0 Å². The number of rotatable bonds is 7. The number of nitrogens with zero attached hydrogens (tertiary/aromatic N) is 1. The SMILES string of the molecule is CCNCC(C)C(=O)NCCN1CCCCCC1. The van der Waals surface area contributed by atoms with Gasteiger partial charge in [-0.1, -0.05) is 26.7 Å². The summed E-state index contributed by atoms with van der Waals surface area (Å²) >= 11 is 0. The third-order valence-corrected chi connectivity index (χ3v) is 3.57. The number of hydrogen-bond acceptors (Lipinski definition) is 3. The fraction of sp³-hybridized carbons (Fsp3) is 0.929. The number of nitrogens with one attached hydrogen (secondary N) is 2. The molecule has 0 aliphatic carbocycles. The molecule has 0 aromatic carbocycles. The Labute approximate surface area is 111 Å². The zero-order chi connectivity index (χ0) is 13.2. The van der Waals surface area contributed by atoms with E-state index in [2.05, 4.69) is 22.5 Å². The van der Waals surface area contributed by atoms with Gasteiger partial charge in [-0.25, -0.2) is 0 Å². The Morgan fingerprint density at radius 3 is 2.50 bits per heavy atom. The van der Waals surface area contributed by atoms with Crippen LogP contribution in [0.3, 0.4) is 0 Å². The van der Waals surface area contributed by atoms with E-state index in [1.807, 2.05) is 6.92 Å². The summed E-state index contributed by atoms with van der Waals surface area (Å²) in [6.45, 7) is 9.91. The van der Waals surface area contributed by atoms with Gasteiger partial charge in [0.05, 0.1) is 0 Å². The topological polar surface area (TPSA) is 44.4 Å². The fourth-order valence-corrected chi connectivity index (χ4v) is 2.32. The third-order valence-electron chi connectivity index (χ3n) is 3.57. The first-order valence-electron chi connectivity index (χ1n) is 7.44. The molecule has 1 fully saturated rings. The van der Waals surface area contributed by atoms with Crippen molar-refractivity contribution in [1.29, 1.82) is 0 Å². The smallest absolute Gasteiger partial charge is 0.224 e. The van der Waals surface area contributed by atoms with Gasteiger partial charge >= 0.3 is 0 Å². The molecule has 18 heavy (non-hydrogen) atoms. The highest BCUT2D eigenvalue weighted by Crippen LogP contribution is 2.08. The van der Waals surface area contributed by atoms with Crippen LogP contribution in [0.15, 0.2) is 0 Å². The van der Waals surface area contributed by atoms with Gasteiger partial charge < -0.3 is 15.5 Å². The maximum absolute atomic E-state index is 11.8. The summed E-state index contributed by atoms with van der Waals surface area (Å²) < 4.78 is 0. The molecule has 0 saturated carbocycles. The van der Waals surface area contributed by atoms with Crippen LogP contribution in [0.1, 0.15) is 39.5 Å². The van der Waals surface area contributed by atoms with E-state index < -0.39 is 0 Å². The predicted molar refractivity (Wildman–Crippen MR) is 75.6 cm³/mol. The molecule has 106 valence electrons. The lowest BCUT2D eigenvalue weighted by molar-refractivity contribution is -0.124. The monoisotopic (exact) mass is 255 g/mol. The van der Waals surface area contributed by atoms with Gasteiger partial charge in [0.1, 0.15) is 0 Å². The van der Waals surface area contributed by atoms with Crippen LogP contribution in [0.25, 0.3) is 0 Å². The van der Waals surface area contributed by atoms with E-state index >= 15 is 0 Å². The van der Waals surface area contributed by atoms with E-state index in [1.165, 1.54) is 38.8 Å². The number of amides is 1. The average Bonchev–Trinajstić information content (AvgIpc) is 2.64. The molecule has 0 bridgehead atoms. The Kier molecular flexibility index (Phi) is 8.01. The Bertz CT molecular complexity index is 225. The van der Waals surface area contributed by atoms with E-state index in [0.29, 0.717) is 0 Å². The van der Waals surface area contributed by atoms with Crippen LogP contribution in [-0.4, -0.2) is 50.1 Å². The Morgan fingerprint density at radius 2 is 1.89 bits per heavy atom. The molecular formula is C14H29N3O. The first-order chi connectivity index (χ1) is 8.74. The first-order valence-corrected chi connectivity index (χ1v) is 7.44. The van der Waals surface area contributed by atoms with Crippen LogP contribution in [-0.2, 0) is 4.79 Å². The van der Waals surface area contributed by atoms with E-state index in [4.69, 9.17) is 0 Å². The summed E-state index contributed by atoms with van der Waals surface area (Å²) in [6.07, 6.45) is 5.35. The second-order valence-corrected chi connectivity index (χ2v) is 5.26. The maximum atomic E-state index is 11.8. The van der Waals surface area contributed by atoms with Crippen LogP contribution in [0.5, 0.6) is 0 Å². The highest BCUT2D eigenvalue weighted by atomic mass is 16.1. The van der Waals surface area contributed by atoms with Crippen molar-refractivity contribution in [3.05, 3.63) is 0 Å². The summed E-state index contributed by atoms with van der Waals surface area (Å²) in [4.78, 5) is 14.3. The van der Waals surface area contributed by atoms with Crippen LogP contribution in [0, 0.1) is 5.92 Å². The van der Waals surface area contributed by atoms with Crippen molar-refractivity contribution in [2.75, 3.05) is 39.3 Å². The lowest BCUT2D eigenvalue weighted by atomic mass is 10.1. The van der Waals surface area contributed by atoms with Gasteiger partial charge in [0.25, 0.3) is 0 Å². The Balaban J connectivity index is 2.10. The van der Waals surface area contributed by atoms with Gasteiger partial charge in [-0.05, 0) is 32.5 Å². The Hall–Kier alpha value is -0.610. The van der Waals surface area contributed by atoms with Crippen molar-refractivity contribution in [3.63, 3.8) is 0 Å². The standard InChI is InChI=1S/C14H29N3O/c1-3-15-12-13(2)14(18)16-8-11-17-9-6-4-5-7-10-17/h13,15H,3-12H2,1-2H3,(H,16,18). The molecule has 1 unspecified atom stereocenters. The molecule has 1 aliphatic heterocycles. The third kappa shape index (κ3) is 6.36. The van der Waals surface area contributed by atoms with Crippen LogP contribution < -0.4 is 10.6 Å². The van der Waals surface area contributed by atoms with Gasteiger partial charge in [0, 0.05) is 25.6 Å². The van der Waals surface area contributed by atoms with Crippen molar-refractivity contribution in [3.8, 4) is 0 Å². The zero-order valence-electron chi connectivity index (χ0n) is 12.0. The molecule has 0 aromatic heterocycles. The van der Waals surface area contributed by atoms with Crippen molar-refractivity contribution >= 4 is 5.91 Å². The van der Waals surface area contributed by atoms with Crippen LogP contribution in [0.2, 0.25) is 0 Å². The second-order valence-electron chi connectivity index (χ2n) is 5.26. The second kappa shape index (κ2) is 9.34. The summed E-state index contributed by atoms with van der Waals surface area (Å²) in [5.41, 5.74) is 0. The summed E-state index contributed by atoms with van der Waals surface area (Å²) in [7, 11) is 0. The molecule has 1 heterocycles. The molecule has 1 saturated heterocycles. The quantitative estimate of drug-likeness (QED) is 0.719. The van der Waals surface area contributed by atoms with Crippen LogP contribution >= 0.6 is 0 Å². The lowest BCUT2D eigenvalue weighted by Crippen LogP contribution is -2.40. The van der Waals surface area contributed by atoms with E-state index in [1.54, 1.807) is 0 Å². The average molecular weight is 255 g/mol. The van der Waals surface area contributed by atoms with Crippen molar-refractivity contribution in [1.82, 2.24) is 15.5 Å². The highest BCUT2D eigenvalue weighted by molar-refractivity contribution is 5.78. The molecule has 0 spiro atoms. The molecular weight excluding hydrogens is 226 g/mol.